The molecule has 2 aliphatic heterocycles. The molecule has 106 valence electrons. The van der Waals surface area contributed by atoms with Gasteiger partial charge in [-0.15, -0.1) is 46.2 Å². The summed E-state index contributed by atoms with van der Waals surface area (Å²) in [6.45, 7) is 0. The highest BCUT2D eigenvalue weighted by Crippen LogP contribution is 2.67. The van der Waals surface area contributed by atoms with E-state index in [1.165, 1.54) is 30.0 Å². The molecule has 4 aromatic rings. The SMILES string of the molecule is c1cc2cc3c(cc2s1)SC1c2cc4ccsc4cc2SC31. The van der Waals surface area contributed by atoms with E-state index in [0.29, 0.717) is 10.5 Å². The highest BCUT2D eigenvalue weighted by molar-refractivity contribution is 8.05. The maximum absolute atomic E-state index is 2.43. The second-order valence-electron chi connectivity index (χ2n) is 5.77. The van der Waals surface area contributed by atoms with Gasteiger partial charge >= 0.3 is 0 Å². The van der Waals surface area contributed by atoms with Crippen molar-refractivity contribution in [3.63, 3.8) is 0 Å². The van der Waals surface area contributed by atoms with Crippen molar-refractivity contribution in [1.29, 1.82) is 0 Å². The molecule has 0 aliphatic carbocycles. The number of benzene rings is 2. The monoisotopic (exact) mass is 354 g/mol. The first kappa shape index (κ1) is 12.5. The van der Waals surface area contributed by atoms with Crippen LogP contribution in [-0.4, -0.2) is 0 Å². The predicted octanol–water partition coefficient (Wildman–Crippen LogP) is 7.11. The smallest absolute Gasteiger partial charge is 0.0519 e. The van der Waals surface area contributed by atoms with Crippen LogP contribution in [0, 0.1) is 0 Å². The lowest BCUT2D eigenvalue weighted by atomic mass is 10.0. The van der Waals surface area contributed by atoms with Crippen molar-refractivity contribution in [2.24, 2.45) is 0 Å². The minimum Gasteiger partial charge on any atom is -0.144 e. The Kier molecular flexibility index (Phi) is 2.45. The number of fused-ring (bicyclic) bond motifs is 7. The Morgan fingerprint density at radius 3 is 1.64 bits per heavy atom. The van der Waals surface area contributed by atoms with Crippen molar-refractivity contribution in [3.05, 3.63) is 58.3 Å². The van der Waals surface area contributed by atoms with Gasteiger partial charge in [-0.25, -0.2) is 0 Å². The summed E-state index contributed by atoms with van der Waals surface area (Å²) in [5.74, 6) is 0. The van der Waals surface area contributed by atoms with Crippen molar-refractivity contribution in [2.45, 2.75) is 20.3 Å². The van der Waals surface area contributed by atoms with Crippen LogP contribution in [0.1, 0.15) is 21.6 Å². The van der Waals surface area contributed by atoms with Gasteiger partial charge in [0.05, 0.1) is 10.5 Å². The molecule has 0 radical (unpaired) electrons. The highest BCUT2D eigenvalue weighted by Gasteiger charge is 2.41. The maximum Gasteiger partial charge on any atom is 0.0519 e. The van der Waals surface area contributed by atoms with Crippen LogP contribution in [0.4, 0.5) is 0 Å². The second-order valence-corrected chi connectivity index (χ2v) is 10.0. The fourth-order valence-electron chi connectivity index (χ4n) is 3.52. The molecule has 2 aromatic carbocycles. The standard InChI is InChI=1S/C18H10S4/c1-3-19-13-7-15-11(5-9(1)13)17-18(21-15)12-6-10-2-4-20-14(10)8-16(12)22-17/h1-8,17-18H. The molecule has 2 aromatic heterocycles. The Labute approximate surface area is 144 Å². The molecule has 0 bridgehead atoms. The van der Waals surface area contributed by atoms with Crippen molar-refractivity contribution in [2.75, 3.05) is 0 Å². The molecule has 6 rings (SSSR count). The van der Waals surface area contributed by atoms with Crippen molar-refractivity contribution in [1.82, 2.24) is 0 Å². The number of hydrogen-bond acceptors (Lipinski definition) is 4. The first-order valence-electron chi connectivity index (χ1n) is 7.22. The van der Waals surface area contributed by atoms with Gasteiger partial charge in [-0.2, -0.15) is 0 Å². The lowest BCUT2D eigenvalue weighted by Crippen LogP contribution is -1.91. The molecule has 0 amide bonds. The van der Waals surface area contributed by atoms with Gasteiger partial charge in [-0.1, -0.05) is 0 Å². The Hall–Kier alpha value is -0.940. The van der Waals surface area contributed by atoms with Gasteiger partial charge in [-0.3, -0.25) is 0 Å². The molecule has 0 saturated carbocycles. The van der Waals surface area contributed by atoms with Gasteiger partial charge < -0.3 is 0 Å². The molecule has 0 spiro atoms. The van der Waals surface area contributed by atoms with E-state index < -0.39 is 0 Å². The van der Waals surface area contributed by atoms with E-state index >= 15 is 0 Å². The predicted molar refractivity (Wildman–Crippen MR) is 101 cm³/mol. The molecule has 0 nitrogen and oxygen atoms in total. The Bertz CT molecular complexity index is 970. The lowest BCUT2D eigenvalue weighted by Gasteiger charge is -2.08. The molecule has 2 aliphatic rings. The Morgan fingerprint density at radius 1 is 0.636 bits per heavy atom. The van der Waals surface area contributed by atoms with Gasteiger partial charge in [0.2, 0.25) is 0 Å². The van der Waals surface area contributed by atoms with Crippen LogP contribution in [0.3, 0.4) is 0 Å². The summed E-state index contributed by atoms with van der Waals surface area (Å²) in [7, 11) is 0. The molecule has 4 heteroatoms. The van der Waals surface area contributed by atoms with Gasteiger partial charge in [0, 0.05) is 19.2 Å². The summed E-state index contributed by atoms with van der Waals surface area (Å²) in [5, 5.41) is 8.40. The molecular weight excluding hydrogens is 344 g/mol. The summed E-state index contributed by atoms with van der Waals surface area (Å²) >= 11 is 7.84. The minimum atomic E-state index is 0.593. The lowest BCUT2D eigenvalue weighted by molar-refractivity contribution is 0.943. The van der Waals surface area contributed by atoms with Crippen molar-refractivity contribution >= 4 is 66.4 Å². The van der Waals surface area contributed by atoms with Crippen molar-refractivity contribution in [3.8, 4) is 0 Å². The quantitative estimate of drug-likeness (QED) is 0.330. The molecular formula is C18H10S4. The number of hydrogen-bond donors (Lipinski definition) is 0. The van der Waals surface area contributed by atoms with E-state index in [9.17, 15) is 0 Å². The molecule has 4 heterocycles. The van der Waals surface area contributed by atoms with Gasteiger partial charge in [0.1, 0.15) is 0 Å². The molecule has 0 saturated heterocycles. The molecule has 2 unspecified atom stereocenters. The number of thiophene rings is 2. The first-order chi connectivity index (χ1) is 10.9. The molecule has 22 heavy (non-hydrogen) atoms. The zero-order chi connectivity index (χ0) is 14.3. The number of thioether (sulfide) groups is 2. The van der Waals surface area contributed by atoms with E-state index in [-0.39, 0.29) is 0 Å². The van der Waals surface area contributed by atoms with E-state index in [4.69, 9.17) is 0 Å². The van der Waals surface area contributed by atoms with Crippen LogP contribution in [0.2, 0.25) is 0 Å². The third-order valence-electron chi connectivity index (χ3n) is 4.57. The van der Waals surface area contributed by atoms with Crippen LogP contribution < -0.4 is 0 Å². The van der Waals surface area contributed by atoms with Crippen LogP contribution in [-0.2, 0) is 0 Å². The van der Waals surface area contributed by atoms with E-state index in [1.807, 2.05) is 22.7 Å². The topological polar surface area (TPSA) is 0 Å². The van der Waals surface area contributed by atoms with Crippen LogP contribution >= 0.6 is 46.2 Å². The van der Waals surface area contributed by atoms with Gasteiger partial charge in [0.25, 0.3) is 0 Å². The third-order valence-corrected chi connectivity index (χ3v) is 9.27. The Morgan fingerprint density at radius 2 is 1.14 bits per heavy atom. The van der Waals surface area contributed by atoms with Crippen LogP contribution in [0.5, 0.6) is 0 Å². The van der Waals surface area contributed by atoms with Gasteiger partial charge in [-0.05, 0) is 69.1 Å². The van der Waals surface area contributed by atoms with E-state index in [1.54, 1.807) is 11.1 Å². The van der Waals surface area contributed by atoms with Crippen LogP contribution in [0.25, 0.3) is 20.2 Å². The highest BCUT2D eigenvalue weighted by atomic mass is 32.2. The first-order valence-corrected chi connectivity index (χ1v) is 10.7. The number of rotatable bonds is 0. The summed E-state index contributed by atoms with van der Waals surface area (Å²) < 4.78 is 2.84. The van der Waals surface area contributed by atoms with Crippen LogP contribution in [0.15, 0.2) is 56.9 Å². The second kappa shape index (κ2) is 4.32. The minimum absolute atomic E-state index is 0.593. The zero-order valence-electron chi connectivity index (χ0n) is 11.4. The normalized spacial score (nSPS) is 22.2. The zero-order valence-corrected chi connectivity index (χ0v) is 14.7. The molecule has 0 fully saturated rings. The third kappa shape index (κ3) is 1.56. The Balaban J connectivity index is 1.55. The average Bonchev–Trinajstić information content (AvgIpc) is 3.25. The summed E-state index contributed by atoms with van der Waals surface area (Å²) in [6.07, 6.45) is 0. The van der Waals surface area contributed by atoms with E-state index in [0.717, 1.165) is 0 Å². The summed E-state index contributed by atoms with van der Waals surface area (Å²) in [5.41, 5.74) is 3.09. The molecule has 0 N–H and O–H groups in total. The average molecular weight is 355 g/mol. The van der Waals surface area contributed by atoms with E-state index in [2.05, 4.69) is 70.7 Å². The largest absolute Gasteiger partial charge is 0.144 e. The van der Waals surface area contributed by atoms with Gasteiger partial charge in [0.15, 0.2) is 0 Å². The fraction of sp³-hybridized carbons (Fsp3) is 0.111. The molecule has 2 atom stereocenters. The summed E-state index contributed by atoms with van der Waals surface area (Å²) in [6, 6.07) is 14.2. The maximum atomic E-state index is 2.43. The van der Waals surface area contributed by atoms with Crippen molar-refractivity contribution < 1.29 is 0 Å². The summed E-state index contributed by atoms with van der Waals surface area (Å²) in [4.78, 5) is 2.99. The fourth-order valence-corrected chi connectivity index (χ4v) is 8.52.